The molecule has 2 aromatic heterocycles. The van der Waals surface area contributed by atoms with E-state index in [0.29, 0.717) is 17.1 Å². The Bertz CT molecular complexity index is 749. The molecule has 6 nitrogen and oxygen atoms in total. The van der Waals surface area contributed by atoms with Crippen LogP contribution in [-0.2, 0) is 0 Å². The monoisotopic (exact) mass is 253 g/mol. The van der Waals surface area contributed by atoms with Gasteiger partial charge in [-0.15, -0.1) is 0 Å². The van der Waals surface area contributed by atoms with Crippen LogP contribution in [0.5, 0.6) is 0 Å². The second kappa shape index (κ2) is 4.41. The minimum atomic E-state index is -0.250. The van der Waals surface area contributed by atoms with Crippen molar-refractivity contribution in [2.75, 3.05) is 11.1 Å². The molecule has 0 unspecified atom stereocenters. The maximum Gasteiger partial charge on any atom is 0.272 e. The van der Waals surface area contributed by atoms with E-state index in [2.05, 4.69) is 20.3 Å². The van der Waals surface area contributed by atoms with Gasteiger partial charge in [-0.25, -0.2) is 0 Å². The maximum absolute atomic E-state index is 11.9. The van der Waals surface area contributed by atoms with E-state index in [1.165, 1.54) is 0 Å². The molecule has 94 valence electrons. The van der Waals surface area contributed by atoms with E-state index < -0.39 is 0 Å². The number of rotatable bonds is 2. The summed E-state index contributed by atoms with van der Waals surface area (Å²) in [6.07, 6.45) is 4.81. The van der Waals surface area contributed by atoms with Gasteiger partial charge in [0.05, 0.1) is 11.0 Å². The molecule has 1 aromatic carbocycles. The van der Waals surface area contributed by atoms with E-state index in [0.717, 1.165) is 11.0 Å². The van der Waals surface area contributed by atoms with Crippen LogP contribution in [0.4, 0.5) is 11.4 Å². The van der Waals surface area contributed by atoms with Crippen LogP contribution in [0.3, 0.4) is 0 Å². The standard InChI is InChI=1S/C13H11N5O/c14-8-5-12(17-7-8)13(19)18-9-1-2-10-11(6-9)16-4-3-15-10/h1-7,17H,14H2,(H,18,19). The molecule has 0 aliphatic rings. The number of nitrogens with one attached hydrogen (secondary N) is 2. The Morgan fingerprint density at radius 3 is 2.68 bits per heavy atom. The van der Waals surface area contributed by atoms with E-state index >= 15 is 0 Å². The number of benzene rings is 1. The van der Waals surface area contributed by atoms with Crippen molar-refractivity contribution in [3.63, 3.8) is 0 Å². The fourth-order valence-corrected chi connectivity index (χ4v) is 1.78. The molecule has 6 heteroatoms. The van der Waals surface area contributed by atoms with Crippen LogP contribution in [0.15, 0.2) is 42.9 Å². The summed E-state index contributed by atoms with van der Waals surface area (Å²) >= 11 is 0. The van der Waals surface area contributed by atoms with E-state index in [1.54, 1.807) is 42.9 Å². The van der Waals surface area contributed by atoms with Crippen LogP contribution in [0.2, 0.25) is 0 Å². The van der Waals surface area contributed by atoms with Crippen molar-refractivity contribution < 1.29 is 4.79 Å². The second-order valence-electron chi connectivity index (χ2n) is 4.06. The normalized spacial score (nSPS) is 10.5. The molecule has 0 aliphatic heterocycles. The number of aromatic amines is 1. The van der Waals surface area contributed by atoms with Crippen molar-refractivity contribution in [1.82, 2.24) is 15.0 Å². The highest BCUT2D eigenvalue weighted by Gasteiger charge is 2.08. The molecule has 0 spiro atoms. The predicted octanol–water partition coefficient (Wildman–Crippen LogP) is 1.79. The molecule has 19 heavy (non-hydrogen) atoms. The van der Waals surface area contributed by atoms with Gasteiger partial charge in [0.1, 0.15) is 5.69 Å². The van der Waals surface area contributed by atoms with Gasteiger partial charge < -0.3 is 16.0 Å². The molecule has 4 N–H and O–H groups in total. The van der Waals surface area contributed by atoms with Crippen LogP contribution >= 0.6 is 0 Å². The molecule has 0 bridgehead atoms. The molecule has 0 saturated heterocycles. The molecule has 0 fully saturated rings. The lowest BCUT2D eigenvalue weighted by Gasteiger charge is -2.04. The van der Waals surface area contributed by atoms with Gasteiger partial charge in [0.25, 0.3) is 5.91 Å². The van der Waals surface area contributed by atoms with Crippen molar-refractivity contribution in [2.45, 2.75) is 0 Å². The Balaban J connectivity index is 1.87. The minimum absolute atomic E-state index is 0.250. The van der Waals surface area contributed by atoms with Crippen LogP contribution < -0.4 is 11.1 Å². The number of nitrogen functional groups attached to an aromatic ring is 1. The fraction of sp³-hybridized carbons (Fsp3) is 0. The van der Waals surface area contributed by atoms with Crippen LogP contribution in [-0.4, -0.2) is 20.9 Å². The summed E-state index contributed by atoms with van der Waals surface area (Å²) in [6, 6.07) is 6.94. The van der Waals surface area contributed by atoms with E-state index in [9.17, 15) is 4.79 Å². The summed E-state index contributed by atoms with van der Waals surface area (Å²) in [5.41, 5.74) is 8.66. The molecular weight excluding hydrogens is 242 g/mol. The number of amides is 1. The van der Waals surface area contributed by atoms with Gasteiger partial charge in [-0.3, -0.25) is 14.8 Å². The third kappa shape index (κ3) is 2.23. The molecule has 2 heterocycles. The fourth-order valence-electron chi connectivity index (χ4n) is 1.78. The lowest BCUT2D eigenvalue weighted by molar-refractivity contribution is 0.102. The average Bonchev–Trinajstić information content (AvgIpc) is 2.85. The van der Waals surface area contributed by atoms with Crippen molar-refractivity contribution in [3.05, 3.63) is 48.5 Å². The molecule has 0 aliphatic carbocycles. The molecule has 3 rings (SSSR count). The van der Waals surface area contributed by atoms with Gasteiger partial charge in [-0.05, 0) is 24.3 Å². The maximum atomic E-state index is 11.9. The Kier molecular flexibility index (Phi) is 2.60. The van der Waals surface area contributed by atoms with Crippen molar-refractivity contribution in [3.8, 4) is 0 Å². The number of nitrogens with zero attached hydrogens (tertiary/aromatic N) is 2. The molecular formula is C13H11N5O. The Labute approximate surface area is 108 Å². The number of hydrogen-bond donors (Lipinski definition) is 3. The Morgan fingerprint density at radius 2 is 1.95 bits per heavy atom. The Hall–Kier alpha value is -2.89. The lowest BCUT2D eigenvalue weighted by Crippen LogP contribution is -2.12. The zero-order chi connectivity index (χ0) is 13.2. The van der Waals surface area contributed by atoms with E-state index in [1.807, 2.05) is 0 Å². The number of carbonyl (C=O) groups is 1. The summed E-state index contributed by atoms with van der Waals surface area (Å²) in [5, 5.41) is 2.77. The highest BCUT2D eigenvalue weighted by Crippen LogP contribution is 2.16. The van der Waals surface area contributed by atoms with Crippen LogP contribution in [0.25, 0.3) is 11.0 Å². The first kappa shape index (κ1) is 11.2. The average molecular weight is 253 g/mol. The zero-order valence-corrected chi connectivity index (χ0v) is 9.92. The number of nitrogens with two attached hydrogens (primary N) is 1. The lowest BCUT2D eigenvalue weighted by atomic mass is 10.2. The molecule has 0 radical (unpaired) electrons. The summed E-state index contributed by atoms with van der Waals surface area (Å²) < 4.78 is 0. The van der Waals surface area contributed by atoms with Crippen LogP contribution in [0, 0.1) is 0 Å². The van der Waals surface area contributed by atoms with Crippen molar-refractivity contribution >= 4 is 28.3 Å². The first-order valence-corrected chi connectivity index (χ1v) is 5.68. The van der Waals surface area contributed by atoms with E-state index in [-0.39, 0.29) is 5.91 Å². The zero-order valence-electron chi connectivity index (χ0n) is 9.92. The van der Waals surface area contributed by atoms with Gasteiger partial charge in [0, 0.05) is 30.0 Å². The smallest absolute Gasteiger partial charge is 0.272 e. The van der Waals surface area contributed by atoms with Gasteiger partial charge in [-0.2, -0.15) is 0 Å². The van der Waals surface area contributed by atoms with Gasteiger partial charge in [-0.1, -0.05) is 0 Å². The van der Waals surface area contributed by atoms with Gasteiger partial charge in [0.2, 0.25) is 0 Å². The van der Waals surface area contributed by atoms with Crippen LogP contribution in [0.1, 0.15) is 10.5 Å². The quantitative estimate of drug-likeness (QED) is 0.648. The first-order valence-electron chi connectivity index (χ1n) is 5.68. The number of aromatic nitrogens is 3. The van der Waals surface area contributed by atoms with Crippen molar-refractivity contribution in [1.29, 1.82) is 0 Å². The van der Waals surface area contributed by atoms with Gasteiger partial charge in [0.15, 0.2) is 0 Å². The number of carbonyl (C=O) groups excluding carboxylic acids is 1. The highest BCUT2D eigenvalue weighted by molar-refractivity contribution is 6.04. The summed E-state index contributed by atoms with van der Waals surface area (Å²) in [4.78, 5) is 23.1. The molecule has 3 aromatic rings. The molecule has 0 atom stereocenters. The largest absolute Gasteiger partial charge is 0.397 e. The van der Waals surface area contributed by atoms with E-state index in [4.69, 9.17) is 5.73 Å². The second-order valence-corrected chi connectivity index (χ2v) is 4.06. The number of H-pyrrole nitrogens is 1. The first-order chi connectivity index (χ1) is 9.22. The molecule has 0 saturated carbocycles. The molecule has 1 amide bonds. The third-order valence-electron chi connectivity index (χ3n) is 2.68. The summed E-state index contributed by atoms with van der Waals surface area (Å²) in [7, 11) is 0. The summed E-state index contributed by atoms with van der Waals surface area (Å²) in [5.74, 6) is -0.250. The predicted molar refractivity (Wildman–Crippen MR) is 72.7 cm³/mol. The third-order valence-corrected chi connectivity index (χ3v) is 2.68. The van der Waals surface area contributed by atoms with Gasteiger partial charge >= 0.3 is 0 Å². The van der Waals surface area contributed by atoms with Crippen molar-refractivity contribution in [2.24, 2.45) is 0 Å². The number of fused-ring (bicyclic) bond motifs is 1. The number of anilines is 2. The highest BCUT2D eigenvalue weighted by atomic mass is 16.1. The minimum Gasteiger partial charge on any atom is -0.397 e. The topological polar surface area (TPSA) is 96.7 Å². The SMILES string of the molecule is Nc1c[nH]c(C(=O)Nc2ccc3nccnc3c2)c1. The summed E-state index contributed by atoms with van der Waals surface area (Å²) in [6.45, 7) is 0. The Morgan fingerprint density at radius 1 is 1.16 bits per heavy atom. The number of hydrogen-bond acceptors (Lipinski definition) is 4.